The van der Waals surface area contributed by atoms with Gasteiger partial charge in [-0.3, -0.25) is 0 Å². The summed E-state index contributed by atoms with van der Waals surface area (Å²) in [6.45, 7) is 4.82. The van der Waals surface area contributed by atoms with Crippen molar-refractivity contribution in [2.75, 3.05) is 11.9 Å². The van der Waals surface area contributed by atoms with E-state index in [0.717, 1.165) is 17.9 Å². The van der Waals surface area contributed by atoms with Gasteiger partial charge < -0.3 is 4.90 Å². The van der Waals surface area contributed by atoms with Gasteiger partial charge in [-0.25, -0.2) is 9.97 Å². The summed E-state index contributed by atoms with van der Waals surface area (Å²) in [7, 11) is 2.01. The average molecular weight is 262 g/mol. The van der Waals surface area contributed by atoms with E-state index in [-0.39, 0.29) is 0 Å². The number of benzene rings is 1. The molecule has 94 valence electrons. The fourth-order valence-corrected chi connectivity index (χ4v) is 1.98. The minimum absolute atomic E-state index is 0.510. The lowest BCUT2D eigenvalue weighted by Gasteiger charge is -2.20. The molecule has 0 atom stereocenters. The monoisotopic (exact) mass is 261 g/mol. The Hall–Kier alpha value is -1.61. The highest BCUT2D eigenvalue weighted by atomic mass is 35.5. The smallest absolute Gasteiger partial charge is 0.137 e. The van der Waals surface area contributed by atoms with E-state index in [2.05, 4.69) is 46.1 Å². The topological polar surface area (TPSA) is 29.0 Å². The molecule has 0 amide bonds. The molecule has 1 aromatic heterocycles. The molecule has 0 N–H and O–H groups in total. The van der Waals surface area contributed by atoms with Crippen LogP contribution in [0.15, 0.2) is 30.6 Å². The Labute approximate surface area is 112 Å². The van der Waals surface area contributed by atoms with E-state index >= 15 is 0 Å². The maximum absolute atomic E-state index is 6.00. The third-order valence-corrected chi connectivity index (χ3v) is 3.28. The number of aromatic nitrogens is 2. The molecule has 0 fully saturated rings. The molecule has 2 rings (SSSR count). The lowest BCUT2D eigenvalue weighted by atomic mass is 10.1. The normalized spacial score (nSPS) is 10.4. The molecule has 1 heterocycles. The van der Waals surface area contributed by atoms with Gasteiger partial charge in [0.1, 0.15) is 17.3 Å². The SMILES string of the molecule is Cc1ccc(CN(C)c2ncnc(Cl)c2C)cc1. The number of nitrogens with zero attached hydrogens (tertiary/aromatic N) is 3. The largest absolute Gasteiger partial charge is 0.355 e. The van der Waals surface area contributed by atoms with Crippen molar-refractivity contribution in [1.29, 1.82) is 0 Å². The van der Waals surface area contributed by atoms with Crippen LogP contribution in [-0.4, -0.2) is 17.0 Å². The van der Waals surface area contributed by atoms with Crippen molar-refractivity contribution in [2.45, 2.75) is 20.4 Å². The zero-order valence-electron chi connectivity index (χ0n) is 10.8. The Bertz CT molecular complexity index is 537. The molecule has 0 unspecified atom stereocenters. The molecule has 0 aliphatic carbocycles. The van der Waals surface area contributed by atoms with Gasteiger partial charge in [-0.05, 0) is 19.4 Å². The van der Waals surface area contributed by atoms with Crippen LogP contribution in [0.4, 0.5) is 5.82 Å². The predicted octanol–water partition coefficient (Wildman–Crippen LogP) is 3.38. The van der Waals surface area contributed by atoms with Crippen molar-refractivity contribution >= 4 is 17.4 Å². The van der Waals surface area contributed by atoms with Gasteiger partial charge in [0.25, 0.3) is 0 Å². The lowest BCUT2D eigenvalue weighted by molar-refractivity contribution is 0.882. The van der Waals surface area contributed by atoms with Gasteiger partial charge in [0, 0.05) is 19.2 Å². The van der Waals surface area contributed by atoms with Crippen molar-refractivity contribution in [3.8, 4) is 0 Å². The Balaban J connectivity index is 2.19. The zero-order chi connectivity index (χ0) is 13.1. The molecular weight excluding hydrogens is 246 g/mol. The summed E-state index contributed by atoms with van der Waals surface area (Å²) in [5.74, 6) is 0.871. The summed E-state index contributed by atoms with van der Waals surface area (Å²) >= 11 is 6.00. The highest BCUT2D eigenvalue weighted by Gasteiger charge is 2.09. The van der Waals surface area contributed by atoms with Crippen molar-refractivity contribution in [2.24, 2.45) is 0 Å². The molecule has 1 aromatic carbocycles. The lowest BCUT2D eigenvalue weighted by Crippen LogP contribution is -2.19. The molecule has 0 saturated heterocycles. The number of halogens is 1. The first-order chi connectivity index (χ1) is 8.58. The molecule has 4 heteroatoms. The summed E-state index contributed by atoms with van der Waals surface area (Å²) in [6.07, 6.45) is 1.50. The van der Waals surface area contributed by atoms with Crippen LogP contribution in [0, 0.1) is 13.8 Å². The average Bonchev–Trinajstić information content (AvgIpc) is 2.35. The molecule has 0 aliphatic heterocycles. The second kappa shape index (κ2) is 5.36. The first kappa shape index (κ1) is 12.8. The van der Waals surface area contributed by atoms with Crippen molar-refractivity contribution < 1.29 is 0 Å². The van der Waals surface area contributed by atoms with Crippen LogP contribution in [0.25, 0.3) is 0 Å². The summed E-state index contributed by atoms with van der Waals surface area (Å²) in [5, 5.41) is 0.510. The van der Waals surface area contributed by atoms with Gasteiger partial charge >= 0.3 is 0 Å². The highest BCUT2D eigenvalue weighted by Crippen LogP contribution is 2.22. The van der Waals surface area contributed by atoms with Gasteiger partial charge in [-0.1, -0.05) is 41.4 Å². The van der Waals surface area contributed by atoms with E-state index in [4.69, 9.17) is 11.6 Å². The third-order valence-electron chi connectivity index (χ3n) is 2.90. The van der Waals surface area contributed by atoms with E-state index in [0.29, 0.717) is 5.15 Å². The van der Waals surface area contributed by atoms with Crippen LogP contribution in [0.1, 0.15) is 16.7 Å². The minimum atomic E-state index is 0.510. The summed E-state index contributed by atoms with van der Waals surface area (Å²) < 4.78 is 0. The van der Waals surface area contributed by atoms with Crippen LogP contribution in [0.3, 0.4) is 0 Å². The standard InChI is InChI=1S/C14H16ClN3/c1-10-4-6-12(7-5-10)8-18(3)14-11(2)13(15)16-9-17-14/h4-7,9H,8H2,1-3H3. The molecule has 3 nitrogen and oxygen atoms in total. The molecule has 0 saturated carbocycles. The predicted molar refractivity (Wildman–Crippen MR) is 75.1 cm³/mol. The first-order valence-corrected chi connectivity index (χ1v) is 6.19. The highest BCUT2D eigenvalue weighted by molar-refractivity contribution is 6.30. The molecule has 0 bridgehead atoms. The van der Waals surface area contributed by atoms with E-state index in [1.54, 1.807) is 0 Å². The number of rotatable bonds is 3. The quantitative estimate of drug-likeness (QED) is 0.793. The van der Waals surface area contributed by atoms with E-state index in [1.807, 2.05) is 14.0 Å². The molecule has 2 aromatic rings. The van der Waals surface area contributed by atoms with Crippen LogP contribution in [-0.2, 0) is 6.54 Å². The number of aryl methyl sites for hydroxylation is 1. The third kappa shape index (κ3) is 2.79. The molecule has 0 aliphatic rings. The zero-order valence-corrected chi connectivity index (χ0v) is 11.6. The van der Waals surface area contributed by atoms with Crippen LogP contribution < -0.4 is 4.90 Å². The Kier molecular flexibility index (Phi) is 3.82. The summed E-state index contributed by atoms with van der Waals surface area (Å²) in [5.41, 5.74) is 3.42. The van der Waals surface area contributed by atoms with Gasteiger partial charge in [0.2, 0.25) is 0 Å². The van der Waals surface area contributed by atoms with Gasteiger partial charge in [0.15, 0.2) is 0 Å². The second-order valence-corrected chi connectivity index (χ2v) is 4.81. The minimum Gasteiger partial charge on any atom is -0.355 e. The second-order valence-electron chi connectivity index (χ2n) is 4.45. The maximum atomic E-state index is 6.00. The molecule has 18 heavy (non-hydrogen) atoms. The summed E-state index contributed by atoms with van der Waals surface area (Å²) in [4.78, 5) is 10.3. The van der Waals surface area contributed by atoms with Crippen LogP contribution in [0.2, 0.25) is 5.15 Å². The van der Waals surface area contributed by atoms with Gasteiger partial charge in [-0.2, -0.15) is 0 Å². The van der Waals surface area contributed by atoms with E-state index in [9.17, 15) is 0 Å². The summed E-state index contributed by atoms with van der Waals surface area (Å²) in [6, 6.07) is 8.49. The van der Waals surface area contributed by atoms with E-state index < -0.39 is 0 Å². The van der Waals surface area contributed by atoms with Crippen molar-refractivity contribution in [3.05, 3.63) is 52.4 Å². The Morgan fingerprint density at radius 2 is 1.78 bits per heavy atom. The van der Waals surface area contributed by atoms with Crippen molar-refractivity contribution in [1.82, 2.24) is 9.97 Å². The first-order valence-electron chi connectivity index (χ1n) is 5.81. The molecule has 0 radical (unpaired) electrons. The van der Waals surface area contributed by atoms with E-state index in [1.165, 1.54) is 17.5 Å². The fourth-order valence-electron chi connectivity index (χ4n) is 1.85. The van der Waals surface area contributed by atoms with Crippen LogP contribution >= 0.6 is 11.6 Å². The van der Waals surface area contributed by atoms with Crippen LogP contribution in [0.5, 0.6) is 0 Å². The Morgan fingerprint density at radius 1 is 1.11 bits per heavy atom. The van der Waals surface area contributed by atoms with Gasteiger partial charge in [-0.15, -0.1) is 0 Å². The fraction of sp³-hybridized carbons (Fsp3) is 0.286. The number of hydrogen-bond acceptors (Lipinski definition) is 3. The molecule has 0 spiro atoms. The van der Waals surface area contributed by atoms with Crippen molar-refractivity contribution in [3.63, 3.8) is 0 Å². The maximum Gasteiger partial charge on any atom is 0.137 e. The molecular formula is C14H16ClN3. The number of hydrogen-bond donors (Lipinski definition) is 0. The number of anilines is 1. The Morgan fingerprint density at radius 3 is 2.44 bits per heavy atom. The van der Waals surface area contributed by atoms with Gasteiger partial charge in [0.05, 0.1) is 0 Å².